The molecular formula is C59H115NO5. The van der Waals surface area contributed by atoms with Gasteiger partial charge in [0.1, 0.15) is 0 Å². The molecular weight excluding hydrogens is 803 g/mol. The first-order valence-electron chi connectivity index (χ1n) is 29.4. The van der Waals surface area contributed by atoms with Gasteiger partial charge in [-0.25, -0.2) is 0 Å². The maximum absolute atomic E-state index is 12.5. The summed E-state index contributed by atoms with van der Waals surface area (Å²) in [6.07, 6.45) is 64.9. The molecule has 0 fully saturated rings. The third-order valence-corrected chi connectivity index (χ3v) is 13.8. The van der Waals surface area contributed by atoms with Crippen LogP contribution in [-0.2, 0) is 14.3 Å². The average Bonchev–Trinajstić information content (AvgIpc) is 3.31. The second kappa shape index (κ2) is 55.2. The molecule has 2 atom stereocenters. The quantitative estimate of drug-likeness (QED) is 0.0321. The van der Waals surface area contributed by atoms with Crippen LogP contribution in [0.15, 0.2) is 12.2 Å². The normalized spacial score (nSPS) is 12.6. The standard InChI is InChI=1S/C59H115NO5/c1-3-5-7-9-11-13-15-16-17-18-19-20-22-25-28-32-35-39-43-47-51-57(62)56(55-61)60-58(63)52-48-44-40-36-33-29-26-23-21-24-27-30-34-38-42-46-50-54-65-59(64)53-49-45-41-37-31-14-12-10-8-6-4-2/h10,12,56-57,61-62H,3-9,11,13-55H2,1-2H3,(H,60,63)/b12-10-. The molecule has 0 aliphatic heterocycles. The number of esters is 1. The van der Waals surface area contributed by atoms with Crippen LogP contribution in [0.1, 0.15) is 328 Å². The van der Waals surface area contributed by atoms with Gasteiger partial charge < -0.3 is 20.3 Å². The van der Waals surface area contributed by atoms with Crippen LogP contribution in [0.3, 0.4) is 0 Å². The molecule has 6 nitrogen and oxygen atoms in total. The van der Waals surface area contributed by atoms with Crippen molar-refractivity contribution in [1.82, 2.24) is 5.32 Å². The predicted octanol–water partition coefficient (Wildman–Crippen LogP) is 18.1. The summed E-state index contributed by atoms with van der Waals surface area (Å²) < 4.78 is 5.45. The molecule has 0 aromatic heterocycles. The fourth-order valence-corrected chi connectivity index (χ4v) is 9.27. The maximum atomic E-state index is 12.5. The lowest BCUT2D eigenvalue weighted by Crippen LogP contribution is -2.45. The van der Waals surface area contributed by atoms with E-state index in [4.69, 9.17) is 4.74 Å². The largest absolute Gasteiger partial charge is 0.466 e. The monoisotopic (exact) mass is 918 g/mol. The molecule has 0 aliphatic carbocycles. The summed E-state index contributed by atoms with van der Waals surface area (Å²) in [5.74, 6) is -0.0421. The fourth-order valence-electron chi connectivity index (χ4n) is 9.27. The summed E-state index contributed by atoms with van der Waals surface area (Å²) in [5, 5.41) is 23.3. The van der Waals surface area contributed by atoms with Crippen molar-refractivity contribution in [3.8, 4) is 0 Å². The molecule has 0 spiro atoms. The summed E-state index contributed by atoms with van der Waals surface area (Å²) in [4.78, 5) is 24.5. The molecule has 65 heavy (non-hydrogen) atoms. The zero-order chi connectivity index (χ0) is 47.2. The van der Waals surface area contributed by atoms with Crippen LogP contribution in [-0.4, -0.2) is 47.4 Å². The number of nitrogens with one attached hydrogen (secondary N) is 1. The average molecular weight is 919 g/mol. The molecule has 3 N–H and O–H groups in total. The number of carbonyl (C=O) groups excluding carboxylic acids is 2. The zero-order valence-electron chi connectivity index (χ0n) is 44.0. The summed E-state index contributed by atoms with van der Waals surface area (Å²) in [7, 11) is 0. The number of aliphatic hydroxyl groups excluding tert-OH is 2. The van der Waals surface area contributed by atoms with Gasteiger partial charge >= 0.3 is 5.97 Å². The Balaban J connectivity index is 3.42. The second-order valence-corrected chi connectivity index (χ2v) is 20.3. The molecule has 0 bridgehead atoms. The van der Waals surface area contributed by atoms with E-state index in [1.165, 1.54) is 250 Å². The highest BCUT2D eigenvalue weighted by Gasteiger charge is 2.20. The van der Waals surface area contributed by atoms with Crippen molar-refractivity contribution in [3.05, 3.63) is 12.2 Å². The Hall–Kier alpha value is -1.40. The van der Waals surface area contributed by atoms with Crippen LogP contribution in [0.5, 0.6) is 0 Å². The highest BCUT2D eigenvalue weighted by atomic mass is 16.5. The zero-order valence-corrected chi connectivity index (χ0v) is 44.0. The van der Waals surface area contributed by atoms with Crippen molar-refractivity contribution in [1.29, 1.82) is 0 Å². The van der Waals surface area contributed by atoms with E-state index in [1.54, 1.807) is 0 Å². The topological polar surface area (TPSA) is 95.9 Å². The van der Waals surface area contributed by atoms with E-state index in [0.29, 0.717) is 25.9 Å². The first-order valence-corrected chi connectivity index (χ1v) is 29.4. The second-order valence-electron chi connectivity index (χ2n) is 20.3. The highest BCUT2D eigenvalue weighted by Crippen LogP contribution is 2.18. The number of carbonyl (C=O) groups is 2. The summed E-state index contributed by atoms with van der Waals surface area (Å²) >= 11 is 0. The van der Waals surface area contributed by atoms with Crippen LogP contribution in [0.4, 0.5) is 0 Å². The lowest BCUT2D eigenvalue weighted by Gasteiger charge is -2.22. The Morgan fingerprint density at radius 1 is 0.415 bits per heavy atom. The van der Waals surface area contributed by atoms with Gasteiger partial charge in [-0.1, -0.05) is 283 Å². The number of aliphatic hydroxyl groups is 2. The van der Waals surface area contributed by atoms with Crippen molar-refractivity contribution in [2.75, 3.05) is 13.2 Å². The minimum Gasteiger partial charge on any atom is -0.466 e. The summed E-state index contributed by atoms with van der Waals surface area (Å²) in [6, 6.07) is -0.545. The third kappa shape index (κ3) is 51.8. The highest BCUT2D eigenvalue weighted by molar-refractivity contribution is 5.76. The molecule has 0 saturated carbocycles. The Morgan fingerprint density at radius 3 is 1.14 bits per heavy atom. The Morgan fingerprint density at radius 2 is 0.738 bits per heavy atom. The van der Waals surface area contributed by atoms with Gasteiger partial charge in [0, 0.05) is 12.8 Å². The van der Waals surface area contributed by atoms with Gasteiger partial charge in [0.05, 0.1) is 25.4 Å². The maximum Gasteiger partial charge on any atom is 0.305 e. The summed E-state index contributed by atoms with van der Waals surface area (Å²) in [6.45, 7) is 4.93. The van der Waals surface area contributed by atoms with Gasteiger partial charge in [-0.2, -0.15) is 0 Å². The van der Waals surface area contributed by atoms with Gasteiger partial charge in [0.2, 0.25) is 5.91 Å². The van der Waals surface area contributed by atoms with Gasteiger partial charge in [-0.05, 0) is 44.9 Å². The molecule has 0 radical (unpaired) electrons. The van der Waals surface area contributed by atoms with E-state index in [1.807, 2.05) is 0 Å². The van der Waals surface area contributed by atoms with Crippen molar-refractivity contribution in [2.45, 2.75) is 341 Å². The van der Waals surface area contributed by atoms with Crippen LogP contribution < -0.4 is 5.32 Å². The third-order valence-electron chi connectivity index (χ3n) is 13.8. The number of amides is 1. The minimum absolute atomic E-state index is 0.00495. The van der Waals surface area contributed by atoms with Crippen molar-refractivity contribution in [2.24, 2.45) is 0 Å². The predicted molar refractivity (Wildman–Crippen MR) is 283 cm³/mol. The Labute approximate surface area is 406 Å². The number of hydrogen-bond donors (Lipinski definition) is 3. The molecule has 0 rings (SSSR count). The molecule has 0 heterocycles. The number of ether oxygens (including phenoxy) is 1. The molecule has 386 valence electrons. The molecule has 1 amide bonds. The van der Waals surface area contributed by atoms with E-state index in [9.17, 15) is 19.8 Å². The number of hydrogen-bond acceptors (Lipinski definition) is 5. The first kappa shape index (κ1) is 63.6. The SMILES string of the molecule is CCCC/C=C\CCCCCCCC(=O)OCCCCCCCCCCCCCCCCCCCC(=O)NC(CO)C(O)CCCCCCCCCCCCCCCCCCCCCC. The van der Waals surface area contributed by atoms with E-state index in [2.05, 4.69) is 31.3 Å². The van der Waals surface area contributed by atoms with Crippen LogP contribution >= 0.6 is 0 Å². The lowest BCUT2D eigenvalue weighted by molar-refractivity contribution is -0.143. The number of rotatable bonds is 55. The van der Waals surface area contributed by atoms with Gasteiger partial charge in [0.15, 0.2) is 0 Å². The molecule has 2 unspecified atom stereocenters. The molecule has 0 aromatic rings. The van der Waals surface area contributed by atoms with Gasteiger partial charge in [0.25, 0.3) is 0 Å². The van der Waals surface area contributed by atoms with E-state index in [-0.39, 0.29) is 18.5 Å². The molecule has 0 saturated heterocycles. The smallest absolute Gasteiger partial charge is 0.305 e. The number of allylic oxidation sites excluding steroid dienone is 2. The van der Waals surface area contributed by atoms with Crippen molar-refractivity contribution < 1.29 is 24.5 Å². The Bertz CT molecular complexity index is 970. The van der Waals surface area contributed by atoms with Crippen LogP contribution in [0, 0.1) is 0 Å². The fraction of sp³-hybridized carbons (Fsp3) is 0.932. The molecule has 6 heteroatoms. The van der Waals surface area contributed by atoms with Crippen LogP contribution in [0.25, 0.3) is 0 Å². The van der Waals surface area contributed by atoms with Crippen LogP contribution in [0.2, 0.25) is 0 Å². The summed E-state index contributed by atoms with van der Waals surface area (Å²) in [5.41, 5.74) is 0. The Kier molecular flexibility index (Phi) is 54.0. The minimum atomic E-state index is -0.668. The van der Waals surface area contributed by atoms with E-state index >= 15 is 0 Å². The van der Waals surface area contributed by atoms with E-state index in [0.717, 1.165) is 44.9 Å². The van der Waals surface area contributed by atoms with E-state index < -0.39 is 12.1 Å². The first-order chi connectivity index (χ1) is 32.0. The van der Waals surface area contributed by atoms with Gasteiger partial charge in [-0.3, -0.25) is 9.59 Å². The van der Waals surface area contributed by atoms with Crippen molar-refractivity contribution in [3.63, 3.8) is 0 Å². The lowest BCUT2D eigenvalue weighted by atomic mass is 10.0. The number of unbranched alkanes of at least 4 members (excludes halogenated alkanes) is 42. The molecule has 0 aliphatic rings. The van der Waals surface area contributed by atoms with Gasteiger partial charge in [-0.15, -0.1) is 0 Å². The molecule has 0 aromatic carbocycles. The van der Waals surface area contributed by atoms with Crippen molar-refractivity contribution >= 4 is 11.9 Å².